The molecule has 46 heavy (non-hydrogen) atoms. The molecule has 0 aliphatic heterocycles. The summed E-state index contributed by atoms with van der Waals surface area (Å²) < 4.78 is 14.0. The molecule has 0 heterocycles. The van der Waals surface area contributed by atoms with Gasteiger partial charge in [-0.3, -0.25) is 0 Å². The van der Waals surface area contributed by atoms with Crippen LogP contribution in [0.2, 0.25) is 0 Å². The normalized spacial score (nSPS) is 13.3. The van der Waals surface area contributed by atoms with Gasteiger partial charge in [0, 0.05) is 5.41 Å². The van der Waals surface area contributed by atoms with E-state index in [1.807, 2.05) is 12.1 Å². The van der Waals surface area contributed by atoms with Crippen molar-refractivity contribution < 1.29 is 4.39 Å². The van der Waals surface area contributed by atoms with Crippen molar-refractivity contribution in [2.75, 3.05) is 0 Å². The molecule has 0 amide bonds. The third kappa shape index (κ3) is 3.85. The summed E-state index contributed by atoms with van der Waals surface area (Å²) >= 11 is 0. The van der Waals surface area contributed by atoms with Crippen LogP contribution in [0, 0.1) is 5.82 Å². The number of rotatable bonds is 3. The topological polar surface area (TPSA) is 0 Å². The molecule has 0 saturated carbocycles. The first-order chi connectivity index (χ1) is 22.5. The maximum Gasteiger partial charge on any atom is 0.123 e. The Morgan fingerprint density at radius 3 is 1.67 bits per heavy atom. The third-order valence-corrected chi connectivity index (χ3v) is 10.1. The first-order valence-corrected chi connectivity index (χ1v) is 16.0. The predicted molar refractivity (Wildman–Crippen MR) is 193 cm³/mol. The van der Waals surface area contributed by atoms with Crippen LogP contribution in [0.3, 0.4) is 0 Å². The van der Waals surface area contributed by atoms with E-state index in [-0.39, 0.29) is 11.2 Å². The molecule has 0 fully saturated rings. The average Bonchev–Trinajstić information content (AvgIpc) is 3.33. The second-order valence-electron chi connectivity index (χ2n) is 13.0. The minimum atomic E-state index is -0.226. The van der Waals surface area contributed by atoms with Gasteiger partial charge >= 0.3 is 0 Å². The van der Waals surface area contributed by atoms with Crippen LogP contribution >= 0.6 is 0 Å². The zero-order chi connectivity index (χ0) is 31.0. The minimum Gasteiger partial charge on any atom is -0.207 e. The fourth-order valence-corrected chi connectivity index (χ4v) is 7.96. The van der Waals surface area contributed by atoms with Gasteiger partial charge in [0.1, 0.15) is 5.82 Å². The summed E-state index contributed by atoms with van der Waals surface area (Å²) in [7, 11) is 0. The molecular weight excluding hydrogens is 559 g/mol. The van der Waals surface area contributed by atoms with Gasteiger partial charge in [-0.25, -0.2) is 4.39 Å². The Morgan fingerprint density at radius 1 is 0.370 bits per heavy atom. The van der Waals surface area contributed by atoms with Crippen molar-refractivity contribution in [1.29, 1.82) is 0 Å². The minimum absolute atomic E-state index is 0.139. The Labute approximate surface area is 268 Å². The van der Waals surface area contributed by atoms with E-state index in [0.29, 0.717) is 0 Å². The van der Waals surface area contributed by atoms with E-state index in [1.54, 1.807) is 12.1 Å². The van der Waals surface area contributed by atoms with Gasteiger partial charge in [0.25, 0.3) is 0 Å². The Morgan fingerprint density at radius 2 is 0.935 bits per heavy atom. The lowest BCUT2D eigenvalue weighted by Gasteiger charge is -2.24. The van der Waals surface area contributed by atoms with Crippen molar-refractivity contribution in [3.8, 4) is 44.5 Å². The van der Waals surface area contributed by atoms with Crippen LogP contribution in [0.1, 0.15) is 25.0 Å². The molecule has 1 aliphatic rings. The standard InChI is InChI=1S/C45H31F/c1-45(2)40-19-11-10-18-37(40)44-33-15-7-6-14-32(33)39(27-41(44)45)43-35-17-9-8-16-34(35)42(29-12-4-3-5-13-29)36-25-22-30(26-38(36)43)28-20-23-31(46)24-21-28/h3-27H,1-2H3. The number of fused-ring (bicyclic) bond motifs is 7. The van der Waals surface area contributed by atoms with E-state index in [9.17, 15) is 4.39 Å². The van der Waals surface area contributed by atoms with Crippen LogP contribution in [-0.2, 0) is 5.41 Å². The van der Waals surface area contributed by atoms with Crippen LogP contribution in [0.15, 0.2) is 152 Å². The zero-order valence-corrected chi connectivity index (χ0v) is 25.8. The molecule has 1 aliphatic carbocycles. The van der Waals surface area contributed by atoms with E-state index in [0.717, 1.165) is 11.1 Å². The lowest BCUT2D eigenvalue weighted by atomic mass is 9.78. The van der Waals surface area contributed by atoms with Crippen LogP contribution in [0.4, 0.5) is 4.39 Å². The molecular formula is C45H31F. The van der Waals surface area contributed by atoms with Crippen molar-refractivity contribution in [2.45, 2.75) is 19.3 Å². The summed E-state index contributed by atoms with van der Waals surface area (Å²) in [5.41, 5.74) is 12.3. The van der Waals surface area contributed by atoms with Crippen molar-refractivity contribution in [2.24, 2.45) is 0 Å². The molecule has 1 heteroatoms. The molecule has 0 radical (unpaired) electrons. The maximum absolute atomic E-state index is 14.0. The highest BCUT2D eigenvalue weighted by atomic mass is 19.1. The number of benzene rings is 8. The summed E-state index contributed by atoms with van der Waals surface area (Å²) in [5, 5.41) is 7.39. The fraction of sp³-hybridized carbons (Fsp3) is 0.0667. The second-order valence-corrected chi connectivity index (χ2v) is 13.0. The van der Waals surface area contributed by atoms with Gasteiger partial charge < -0.3 is 0 Å². The quantitative estimate of drug-likeness (QED) is 0.180. The average molecular weight is 591 g/mol. The molecule has 0 spiro atoms. The van der Waals surface area contributed by atoms with Crippen molar-refractivity contribution in [3.63, 3.8) is 0 Å². The van der Waals surface area contributed by atoms with Gasteiger partial charge in [0.2, 0.25) is 0 Å². The zero-order valence-electron chi connectivity index (χ0n) is 25.8. The Balaban J connectivity index is 1.46. The molecule has 0 aromatic heterocycles. The lowest BCUT2D eigenvalue weighted by Crippen LogP contribution is -2.15. The molecule has 0 saturated heterocycles. The highest BCUT2D eigenvalue weighted by molar-refractivity contribution is 6.25. The Kier molecular flexibility index (Phi) is 5.83. The van der Waals surface area contributed by atoms with Gasteiger partial charge in [-0.15, -0.1) is 0 Å². The van der Waals surface area contributed by atoms with Crippen LogP contribution in [0.25, 0.3) is 76.8 Å². The summed E-state index contributed by atoms with van der Waals surface area (Å²) in [6, 6.07) is 53.5. The molecule has 0 bridgehead atoms. The summed E-state index contributed by atoms with van der Waals surface area (Å²) in [6.45, 7) is 4.72. The molecule has 8 aromatic carbocycles. The monoisotopic (exact) mass is 590 g/mol. The molecule has 0 N–H and O–H groups in total. The van der Waals surface area contributed by atoms with E-state index >= 15 is 0 Å². The molecule has 9 rings (SSSR count). The molecule has 8 aromatic rings. The molecule has 218 valence electrons. The summed E-state index contributed by atoms with van der Waals surface area (Å²) in [4.78, 5) is 0. The Hall–Kier alpha value is -5.53. The lowest BCUT2D eigenvalue weighted by molar-refractivity contribution is 0.628. The van der Waals surface area contributed by atoms with E-state index < -0.39 is 0 Å². The molecule has 0 atom stereocenters. The van der Waals surface area contributed by atoms with Crippen molar-refractivity contribution >= 4 is 32.3 Å². The molecule has 0 unspecified atom stereocenters. The third-order valence-electron chi connectivity index (χ3n) is 10.1. The largest absolute Gasteiger partial charge is 0.207 e. The maximum atomic E-state index is 14.0. The highest BCUT2D eigenvalue weighted by Crippen LogP contribution is 2.54. The summed E-state index contributed by atoms with van der Waals surface area (Å²) in [6.07, 6.45) is 0. The van der Waals surface area contributed by atoms with Gasteiger partial charge in [-0.2, -0.15) is 0 Å². The first-order valence-electron chi connectivity index (χ1n) is 16.0. The van der Waals surface area contributed by atoms with Crippen molar-refractivity contribution in [1.82, 2.24) is 0 Å². The van der Waals surface area contributed by atoms with Gasteiger partial charge in [0.05, 0.1) is 0 Å². The van der Waals surface area contributed by atoms with Crippen LogP contribution in [-0.4, -0.2) is 0 Å². The van der Waals surface area contributed by atoms with Gasteiger partial charge in [-0.05, 0) is 112 Å². The van der Waals surface area contributed by atoms with Crippen molar-refractivity contribution in [3.05, 3.63) is 169 Å². The number of hydrogen-bond acceptors (Lipinski definition) is 0. The fourth-order valence-electron chi connectivity index (χ4n) is 7.96. The smallest absolute Gasteiger partial charge is 0.123 e. The number of hydrogen-bond donors (Lipinski definition) is 0. The Bertz CT molecular complexity index is 2480. The van der Waals surface area contributed by atoms with E-state index in [1.165, 1.54) is 76.8 Å². The second kappa shape index (κ2) is 9.99. The first kappa shape index (κ1) is 26.8. The highest BCUT2D eigenvalue weighted by Gasteiger charge is 2.37. The summed E-state index contributed by atoms with van der Waals surface area (Å²) in [5.74, 6) is -0.226. The van der Waals surface area contributed by atoms with Gasteiger partial charge in [0.15, 0.2) is 0 Å². The van der Waals surface area contributed by atoms with E-state index in [4.69, 9.17) is 0 Å². The SMILES string of the molecule is CC1(C)c2ccccc2-c2c1cc(-c1c3ccccc3c(-c3ccccc3)c3ccc(-c4ccc(F)cc4)cc13)c1ccccc21. The van der Waals surface area contributed by atoms with Gasteiger partial charge in [-0.1, -0.05) is 141 Å². The predicted octanol–water partition coefficient (Wildman–Crippen LogP) is 12.6. The van der Waals surface area contributed by atoms with Crippen LogP contribution in [0.5, 0.6) is 0 Å². The molecule has 0 nitrogen and oxygen atoms in total. The van der Waals surface area contributed by atoms with E-state index in [2.05, 4.69) is 141 Å². The number of halogens is 1. The van der Waals surface area contributed by atoms with Crippen LogP contribution < -0.4 is 0 Å².